The lowest BCUT2D eigenvalue weighted by atomic mass is 9.95. The van der Waals surface area contributed by atoms with Crippen molar-refractivity contribution in [3.63, 3.8) is 0 Å². The number of aliphatic hydroxyl groups excluding tert-OH is 1. The molecule has 1 aliphatic heterocycles. The average Bonchev–Trinajstić information content (AvgIpc) is 3.17. The number of hydrogen-bond donors (Lipinski definition) is 1. The summed E-state index contributed by atoms with van der Waals surface area (Å²) in [4.78, 5) is 27.9. The Morgan fingerprint density at radius 2 is 1.72 bits per heavy atom. The molecule has 3 aromatic rings. The summed E-state index contributed by atoms with van der Waals surface area (Å²) < 4.78 is 10.9. The first-order chi connectivity index (χ1) is 17.4. The molecule has 1 N–H and O–H groups in total. The van der Waals surface area contributed by atoms with Gasteiger partial charge in [-0.1, -0.05) is 30.7 Å². The Kier molecular flexibility index (Phi) is 7.28. The van der Waals surface area contributed by atoms with Crippen LogP contribution >= 0.6 is 11.6 Å². The number of methoxy groups -OCH3 is 1. The normalized spacial score (nSPS) is 16.6. The second-order valence-corrected chi connectivity index (χ2v) is 8.50. The molecule has 0 bridgehead atoms. The Morgan fingerprint density at radius 1 is 1.06 bits per heavy atom. The zero-order chi connectivity index (χ0) is 25.8. The van der Waals surface area contributed by atoms with E-state index in [0.717, 1.165) is 6.42 Å². The largest absolute Gasteiger partial charge is 0.507 e. The molecule has 7 nitrogen and oxygen atoms in total. The summed E-state index contributed by atoms with van der Waals surface area (Å²) in [5.41, 5.74) is 1.46. The molecular formula is C28H23ClN2O5. The summed E-state index contributed by atoms with van der Waals surface area (Å²) in [5.74, 6) is -1.00. The van der Waals surface area contributed by atoms with Crippen LogP contribution in [0.4, 0.5) is 5.69 Å². The molecule has 4 rings (SSSR count). The van der Waals surface area contributed by atoms with Gasteiger partial charge in [0, 0.05) is 11.3 Å². The number of carbonyl (C=O) groups excluding carboxylic acids is 2. The predicted molar refractivity (Wildman–Crippen MR) is 136 cm³/mol. The van der Waals surface area contributed by atoms with Gasteiger partial charge in [-0.25, -0.2) is 0 Å². The number of Topliss-reactive ketones (excluding diaryl/α,β-unsaturated/α-hetero) is 1. The first-order valence-corrected chi connectivity index (χ1v) is 11.6. The molecule has 1 amide bonds. The Bertz CT molecular complexity index is 1370. The van der Waals surface area contributed by atoms with Crippen LogP contribution < -0.4 is 14.4 Å². The number of benzene rings is 3. The van der Waals surface area contributed by atoms with Crippen molar-refractivity contribution < 1.29 is 24.2 Å². The molecule has 36 heavy (non-hydrogen) atoms. The van der Waals surface area contributed by atoms with E-state index in [9.17, 15) is 14.7 Å². The Labute approximate surface area is 213 Å². The third-order valence-corrected chi connectivity index (χ3v) is 6.15. The van der Waals surface area contributed by atoms with Gasteiger partial charge in [0.15, 0.2) is 0 Å². The number of amides is 1. The number of hydrogen-bond acceptors (Lipinski definition) is 6. The number of anilines is 1. The molecule has 8 heteroatoms. The van der Waals surface area contributed by atoms with Crippen molar-refractivity contribution in [2.75, 3.05) is 18.6 Å². The quantitative estimate of drug-likeness (QED) is 0.255. The van der Waals surface area contributed by atoms with Crippen LogP contribution in [-0.4, -0.2) is 30.5 Å². The number of aliphatic hydroxyl groups is 1. The van der Waals surface area contributed by atoms with E-state index in [4.69, 9.17) is 26.3 Å². The van der Waals surface area contributed by atoms with Crippen molar-refractivity contribution in [1.82, 2.24) is 0 Å². The number of rotatable bonds is 7. The van der Waals surface area contributed by atoms with Crippen LogP contribution in [0.5, 0.6) is 11.5 Å². The summed E-state index contributed by atoms with van der Waals surface area (Å²) in [6.07, 6.45) is 0.849. The highest BCUT2D eigenvalue weighted by atomic mass is 35.5. The van der Waals surface area contributed by atoms with Gasteiger partial charge in [0.2, 0.25) is 0 Å². The highest BCUT2D eigenvalue weighted by Gasteiger charge is 2.47. The van der Waals surface area contributed by atoms with E-state index in [2.05, 4.69) is 0 Å². The molecule has 182 valence electrons. The molecule has 0 spiro atoms. The van der Waals surface area contributed by atoms with Gasteiger partial charge in [0.25, 0.3) is 11.7 Å². The van der Waals surface area contributed by atoms with Crippen LogP contribution in [0.1, 0.15) is 36.1 Å². The van der Waals surface area contributed by atoms with Crippen molar-refractivity contribution in [2.45, 2.75) is 19.4 Å². The summed E-state index contributed by atoms with van der Waals surface area (Å²) in [7, 11) is 1.47. The lowest BCUT2D eigenvalue weighted by Gasteiger charge is -2.25. The predicted octanol–water partition coefficient (Wildman–Crippen LogP) is 5.64. The minimum Gasteiger partial charge on any atom is -0.507 e. The SMILES string of the molecule is CCCOc1ccc(C2/C(=C(\O)c3cc(OC)ccc3Cl)C(=O)C(=O)N2c2ccc(C#N)cc2)cc1. The van der Waals surface area contributed by atoms with E-state index < -0.39 is 23.5 Å². The first-order valence-electron chi connectivity index (χ1n) is 11.3. The van der Waals surface area contributed by atoms with Crippen LogP contribution in [0.2, 0.25) is 5.02 Å². The molecule has 0 saturated carbocycles. The second-order valence-electron chi connectivity index (χ2n) is 8.09. The van der Waals surface area contributed by atoms with Gasteiger partial charge >= 0.3 is 0 Å². The number of nitriles is 1. The van der Waals surface area contributed by atoms with Crippen molar-refractivity contribution >= 4 is 34.7 Å². The second kappa shape index (κ2) is 10.5. The molecular weight excluding hydrogens is 480 g/mol. The molecule has 3 aromatic carbocycles. The fraction of sp³-hybridized carbons (Fsp3) is 0.179. The molecule has 1 unspecified atom stereocenters. The molecule has 1 fully saturated rings. The van der Waals surface area contributed by atoms with Crippen LogP contribution in [0.25, 0.3) is 5.76 Å². The standard InChI is InChI=1S/C28H23ClN2O5/c1-3-14-36-20-10-6-18(7-11-20)25-24(26(32)22-15-21(35-2)12-13-23(22)29)27(33)28(34)31(25)19-8-4-17(16-30)5-9-19/h4-13,15,25,32H,3,14H2,1-2H3/b26-24+. The van der Waals surface area contributed by atoms with Crippen molar-refractivity contribution in [3.8, 4) is 17.6 Å². The Balaban J connectivity index is 1.90. The molecule has 1 aliphatic rings. The summed E-state index contributed by atoms with van der Waals surface area (Å²) in [6, 6.07) is 19.1. The van der Waals surface area contributed by atoms with Crippen LogP contribution in [0.15, 0.2) is 72.3 Å². The minimum atomic E-state index is -0.944. The Morgan fingerprint density at radius 3 is 2.33 bits per heavy atom. The van der Waals surface area contributed by atoms with E-state index in [-0.39, 0.29) is 16.2 Å². The van der Waals surface area contributed by atoms with Gasteiger partial charge in [-0.05, 0) is 66.6 Å². The van der Waals surface area contributed by atoms with Crippen molar-refractivity contribution in [2.24, 2.45) is 0 Å². The van der Waals surface area contributed by atoms with Gasteiger partial charge < -0.3 is 14.6 Å². The van der Waals surface area contributed by atoms with Gasteiger partial charge in [-0.2, -0.15) is 5.26 Å². The molecule has 1 saturated heterocycles. The molecule has 1 atom stereocenters. The topological polar surface area (TPSA) is 99.9 Å². The third-order valence-electron chi connectivity index (χ3n) is 5.82. The zero-order valence-electron chi connectivity index (χ0n) is 19.7. The lowest BCUT2D eigenvalue weighted by molar-refractivity contribution is -0.132. The van der Waals surface area contributed by atoms with Gasteiger partial charge in [0.05, 0.1) is 42.0 Å². The monoisotopic (exact) mass is 502 g/mol. The highest BCUT2D eigenvalue weighted by Crippen LogP contribution is 2.43. The average molecular weight is 503 g/mol. The van der Waals surface area contributed by atoms with E-state index >= 15 is 0 Å². The van der Waals surface area contributed by atoms with E-state index in [1.807, 2.05) is 13.0 Å². The number of halogens is 1. The van der Waals surface area contributed by atoms with Crippen LogP contribution in [0, 0.1) is 11.3 Å². The van der Waals surface area contributed by atoms with Crippen LogP contribution in [0.3, 0.4) is 0 Å². The van der Waals surface area contributed by atoms with E-state index in [1.165, 1.54) is 18.1 Å². The maximum absolute atomic E-state index is 13.3. The maximum Gasteiger partial charge on any atom is 0.300 e. The summed E-state index contributed by atoms with van der Waals surface area (Å²) in [6.45, 7) is 2.56. The Hall–Kier alpha value is -4.28. The van der Waals surface area contributed by atoms with Crippen molar-refractivity contribution in [1.29, 1.82) is 5.26 Å². The number of ether oxygens (including phenoxy) is 2. The van der Waals surface area contributed by atoms with Gasteiger partial charge in [0.1, 0.15) is 17.3 Å². The molecule has 0 aliphatic carbocycles. The smallest absolute Gasteiger partial charge is 0.300 e. The molecule has 0 aromatic heterocycles. The lowest BCUT2D eigenvalue weighted by Crippen LogP contribution is -2.29. The van der Waals surface area contributed by atoms with Crippen LogP contribution in [-0.2, 0) is 9.59 Å². The van der Waals surface area contributed by atoms with E-state index in [1.54, 1.807) is 60.7 Å². The molecule has 1 heterocycles. The maximum atomic E-state index is 13.3. The zero-order valence-corrected chi connectivity index (χ0v) is 20.5. The number of ketones is 1. The fourth-order valence-electron chi connectivity index (χ4n) is 4.03. The van der Waals surface area contributed by atoms with Gasteiger partial charge in [-0.15, -0.1) is 0 Å². The number of nitrogens with zero attached hydrogens (tertiary/aromatic N) is 2. The van der Waals surface area contributed by atoms with Crippen molar-refractivity contribution in [3.05, 3.63) is 94.0 Å². The van der Waals surface area contributed by atoms with Gasteiger partial charge in [-0.3, -0.25) is 14.5 Å². The fourth-order valence-corrected chi connectivity index (χ4v) is 4.24. The van der Waals surface area contributed by atoms with E-state index in [0.29, 0.717) is 34.9 Å². The number of carbonyl (C=O) groups is 2. The first kappa shape index (κ1) is 24.8. The minimum absolute atomic E-state index is 0.110. The third kappa shape index (κ3) is 4.64. The summed E-state index contributed by atoms with van der Waals surface area (Å²) in [5, 5.41) is 20.7. The molecule has 0 radical (unpaired) electrons. The highest BCUT2D eigenvalue weighted by molar-refractivity contribution is 6.52. The summed E-state index contributed by atoms with van der Waals surface area (Å²) >= 11 is 6.35.